The van der Waals surface area contributed by atoms with E-state index in [0.29, 0.717) is 0 Å². The molecule has 0 aliphatic rings. The fourth-order valence-corrected chi connectivity index (χ4v) is 0.978. The topological polar surface area (TPSA) is 54.2 Å². The van der Waals surface area contributed by atoms with E-state index in [1.165, 1.54) is 0 Å². The minimum atomic E-state index is 0.829. The molecule has 0 spiro atoms. The van der Waals surface area contributed by atoms with Crippen LogP contribution in [0.5, 0.6) is 0 Å². The number of aromatic nitrogens is 1. The van der Waals surface area contributed by atoms with Gasteiger partial charge in [0.1, 0.15) is 0 Å². The van der Waals surface area contributed by atoms with Crippen molar-refractivity contribution in [3.05, 3.63) is 24.0 Å². The number of nitrogens with one attached hydrogen (secondary N) is 1. The molecule has 0 aliphatic carbocycles. The summed E-state index contributed by atoms with van der Waals surface area (Å²) in [5.41, 5.74) is 4.48. The second-order valence-corrected chi connectivity index (χ2v) is 2.92. The zero-order chi connectivity index (χ0) is 8.97. The van der Waals surface area contributed by atoms with Gasteiger partial charge in [0.15, 0.2) is 0 Å². The van der Waals surface area contributed by atoms with E-state index in [-0.39, 0.29) is 0 Å². The van der Waals surface area contributed by atoms with Crippen molar-refractivity contribution in [3.63, 3.8) is 0 Å². The van der Waals surface area contributed by atoms with E-state index < -0.39 is 0 Å². The van der Waals surface area contributed by atoms with Crippen LogP contribution < -0.4 is 11.3 Å². The van der Waals surface area contributed by atoms with E-state index in [0.717, 1.165) is 17.9 Å². The highest BCUT2D eigenvalue weighted by molar-refractivity contribution is 5.41. The third kappa shape index (κ3) is 2.48. The molecular formula is C8H14N4. The molecular weight excluding hydrogens is 152 g/mol. The van der Waals surface area contributed by atoms with Crippen LogP contribution >= 0.6 is 0 Å². The Morgan fingerprint density at radius 1 is 1.58 bits per heavy atom. The number of hydrazine groups is 1. The lowest BCUT2D eigenvalue weighted by atomic mass is 10.3. The Kier molecular flexibility index (Phi) is 3.01. The van der Waals surface area contributed by atoms with Crippen LogP contribution in [0.1, 0.15) is 5.69 Å². The SMILES string of the molecule is CN(C)Cc1cc(NN)ccn1. The van der Waals surface area contributed by atoms with Crippen molar-refractivity contribution < 1.29 is 0 Å². The normalized spacial score (nSPS) is 10.3. The zero-order valence-corrected chi connectivity index (χ0v) is 7.41. The Hall–Kier alpha value is -1.13. The van der Waals surface area contributed by atoms with Gasteiger partial charge in [0, 0.05) is 12.7 Å². The summed E-state index contributed by atoms with van der Waals surface area (Å²) in [5, 5.41) is 0. The largest absolute Gasteiger partial charge is 0.324 e. The quantitative estimate of drug-likeness (QED) is 0.505. The number of hydrogen-bond donors (Lipinski definition) is 2. The summed E-state index contributed by atoms with van der Waals surface area (Å²) in [4.78, 5) is 6.25. The second kappa shape index (κ2) is 4.04. The molecule has 1 aromatic heterocycles. The van der Waals surface area contributed by atoms with Crippen LogP contribution in [0.15, 0.2) is 18.3 Å². The van der Waals surface area contributed by atoms with E-state index in [1.54, 1.807) is 6.20 Å². The van der Waals surface area contributed by atoms with Crippen molar-refractivity contribution in [2.24, 2.45) is 5.84 Å². The lowest BCUT2D eigenvalue weighted by Crippen LogP contribution is -2.13. The van der Waals surface area contributed by atoms with Crippen LogP contribution in [0.3, 0.4) is 0 Å². The standard InChI is InChI=1S/C8H14N4/c1-12(2)6-8-5-7(11-9)3-4-10-8/h3-5H,6,9H2,1-2H3,(H,10,11). The number of anilines is 1. The van der Waals surface area contributed by atoms with Crippen molar-refractivity contribution in [3.8, 4) is 0 Å². The van der Waals surface area contributed by atoms with Gasteiger partial charge < -0.3 is 10.3 Å². The predicted octanol–water partition coefficient (Wildman–Crippen LogP) is 0.429. The molecule has 0 bridgehead atoms. The molecule has 1 aromatic rings. The van der Waals surface area contributed by atoms with Crippen molar-refractivity contribution in [1.29, 1.82) is 0 Å². The highest BCUT2D eigenvalue weighted by atomic mass is 15.2. The van der Waals surface area contributed by atoms with Crippen molar-refractivity contribution in [2.75, 3.05) is 19.5 Å². The molecule has 0 fully saturated rings. The minimum absolute atomic E-state index is 0.829. The molecule has 4 heteroatoms. The molecule has 3 N–H and O–H groups in total. The number of rotatable bonds is 3. The zero-order valence-electron chi connectivity index (χ0n) is 7.41. The molecule has 0 atom stereocenters. The maximum Gasteiger partial charge on any atom is 0.0564 e. The summed E-state index contributed by atoms with van der Waals surface area (Å²) in [6, 6.07) is 3.76. The summed E-state index contributed by atoms with van der Waals surface area (Å²) in [6.07, 6.45) is 1.74. The highest BCUT2D eigenvalue weighted by Crippen LogP contribution is 2.06. The van der Waals surface area contributed by atoms with Crippen molar-refractivity contribution in [1.82, 2.24) is 9.88 Å². The van der Waals surface area contributed by atoms with Gasteiger partial charge in [-0.1, -0.05) is 0 Å². The molecule has 1 rings (SSSR count). The van der Waals surface area contributed by atoms with Gasteiger partial charge in [-0.2, -0.15) is 0 Å². The van der Waals surface area contributed by atoms with Crippen LogP contribution in [-0.4, -0.2) is 24.0 Å². The lowest BCUT2D eigenvalue weighted by Gasteiger charge is -2.09. The van der Waals surface area contributed by atoms with Gasteiger partial charge in [-0.25, -0.2) is 0 Å². The first-order valence-corrected chi connectivity index (χ1v) is 3.78. The molecule has 0 saturated carbocycles. The number of pyridine rings is 1. The Labute approximate surface area is 72.4 Å². The van der Waals surface area contributed by atoms with Crippen LogP contribution in [0.2, 0.25) is 0 Å². The molecule has 0 saturated heterocycles. The highest BCUT2D eigenvalue weighted by Gasteiger charge is 1.96. The van der Waals surface area contributed by atoms with Crippen LogP contribution in [0.4, 0.5) is 5.69 Å². The van der Waals surface area contributed by atoms with Gasteiger partial charge in [-0.3, -0.25) is 10.8 Å². The number of nitrogens with zero attached hydrogens (tertiary/aromatic N) is 2. The van der Waals surface area contributed by atoms with Gasteiger partial charge in [-0.15, -0.1) is 0 Å². The predicted molar refractivity (Wildman–Crippen MR) is 49.4 cm³/mol. The fourth-order valence-electron chi connectivity index (χ4n) is 0.978. The molecule has 0 amide bonds. The fraction of sp³-hybridized carbons (Fsp3) is 0.375. The lowest BCUT2D eigenvalue weighted by molar-refractivity contribution is 0.397. The van der Waals surface area contributed by atoms with Gasteiger partial charge in [0.05, 0.1) is 11.4 Å². The molecule has 0 unspecified atom stereocenters. The summed E-state index contributed by atoms with van der Waals surface area (Å²) < 4.78 is 0. The van der Waals surface area contributed by atoms with E-state index in [1.807, 2.05) is 26.2 Å². The maximum atomic E-state index is 5.26. The van der Waals surface area contributed by atoms with Gasteiger partial charge >= 0.3 is 0 Å². The van der Waals surface area contributed by atoms with Gasteiger partial charge in [0.2, 0.25) is 0 Å². The van der Waals surface area contributed by atoms with Gasteiger partial charge in [-0.05, 0) is 26.2 Å². The molecule has 4 nitrogen and oxygen atoms in total. The Morgan fingerprint density at radius 2 is 2.33 bits per heavy atom. The first kappa shape index (κ1) is 8.96. The molecule has 0 radical (unpaired) electrons. The monoisotopic (exact) mass is 166 g/mol. The van der Waals surface area contributed by atoms with Crippen LogP contribution in [0, 0.1) is 0 Å². The summed E-state index contributed by atoms with van der Waals surface area (Å²) in [5.74, 6) is 5.26. The second-order valence-electron chi connectivity index (χ2n) is 2.92. The van der Waals surface area contributed by atoms with Crippen LogP contribution in [-0.2, 0) is 6.54 Å². The summed E-state index contributed by atoms with van der Waals surface area (Å²) in [7, 11) is 4.01. The number of nitrogens with two attached hydrogens (primary N) is 1. The van der Waals surface area contributed by atoms with E-state index in [4.69, 9.17) is 5.84 Å². The molecule has 66 valence electrons. The summed E-state index contributed by atoms with van der Waals surface area (Å²) >= 11 is 0. The van der Waals surface area contributed by atoms with Crippen LogP contribution in [0.25, 0.3) is 0 Å². The first-order chi connectivity index (χ1) is 5.72. The average molecular weight is 166 g/mol. The summed E-state index contributed by atoms with van der Waals surface area (Å²) in [6.45, 7) is 0.829. The first-order valence-electron chi connectivity index (χ1n) is 3.78. The Bertz CT molecular complexity index is 247. The van der Waals surface area contributed by atoms with Gasteiger partial charge in [0.25, 0.3) is 0 Å². The maximum absolute atomic E-state index is 5.26. The van der Waals surface area contributed by atoms with E-state index in [2.05, 4.69) is 15.3 Å². The van der Waals surface area contributed by atoms with Crippen molar-refractivity contribution in [2.45, 2.75) is 6.54 Å². The van der Waals surface area contributed by atoms with E-state index >= 15 is 0 Å². The molecule has 0 aliphatic heterocycles. The average Bonchev–Trinajstić information content (AvgIpc) is 2.03. The molecule has 12 heavy (non-hydrogen) atoms. The third-order valence-electron chi connectivity index (χ3n) is 1.46. The van der Waals surface area contributed by atoms with E-state index in [9.17, 15) is 0 Å². The number of hydrogen-bond acceptors (Lipinski definition) is 4. The van der Waals surface area contributed by atoms with Crippen molar-refractivity contribution >= 4 is 5.69 Å². The molecule has 0 aromatic carbocycles. The Balaban J connectivity index is 2.72. The Morgan fingerprint density at radius 3 is 2.92 bits per heavy atom. The number of nitrogen functional groups attached to an aromatic ring is 1. The smallest absolute Gasteiger partial charge is 0.0564 e. The third-order valence-corrected chi connectivity index (χ3v) is 1.46. The minimum Gasteiger partial charge on any atom is -0.324 e. The molecule has 1 heterocycles.